The quantitative estimate of drug-likeness (QED) is 0.726. The van der Waals surface area contributed by atoms with Crippen molar-refractivity contribution in [1.82, 2.24) is 20.4 Å². The third-order valence-electron chi connectivity index (χ3n) is 4.28. The average molecular weight is 395 g/mol. The average Bonchev–Trinajstić information content (AvgIpc) is 2.61. The molecule has 7 nitrogen and oxygen atoms in total. The SMILES string of the molecule is CC(C)NC(=O)CN1CCN(C(=O)CCNC(=O)c2ccccc2Cl)CC1. The van der Waals surface area contributed by atoms with Crippen LogP contribution in [-0.4, -0.2) is 72.8 Å². The zero-order valence-electron chi connectivity index (χ0n) is 15.8. The Morgan fingerprint density at radius 3 is 2.41 bits per heavy atom. The minimum absolute atomic E-state index is 0.000686. The van der Waals surface area contributed by atoms with Crippen LogP contribution < -0.4 is 10.6 Å². The van der Waals surface area contributed by atoms with Crippen molar-refractivity contribution in [3.63, 3.8) is 0 Å². The summed E-state index contributed by atoms with van der Waals surface area (Å²) in [5, 5.41) is 5.99. The maximum atomic E-state index is 12.3. The Kier molecular flexibility index (Phi) is 8.06. The Balaban J connectivity index is 1.68. The van der Waals surface area contributed by atoms with Crippen LogP contribution in [0.25, 0.3) is 0 Å². The van der Waals surface area contributed by atoms with E-state index in [1.807, 2.05) is 18.7 Å². The second-order valence-corrected chi connectivity index (χ2v) is 7.27. The molecule has 1 aromatic rings. The number of benzene rings is 1. The Hall–Kier alpha value is -2.12. The first kappa shape index (κ1) is 21.2. The number of piperazine rings is 1. The Morgan fingerprint density at radius 2 is 1.78 bits per heavy atom. The summed E-state index contributed by atoms with van der Waals surface area (Å²) in [6.45, 7) is 7.00. The number of nitrogens with zero attached hydrogens (tertiary/aromatic N) is 2. The molecule has 0 saturated carbocycles. The van der Waals surface area contributed by atoms with E-state index < -0.39 is 0 Å². The lowest BCUT2D eigenvalue weighted by atomic mass is 10.2. The second-order valence-electron chi connectivity index (χ2n) is 6.86. The molecule has 1 saturated heterocycles. The molecule has 3 amide bonds. The van der Waals surface area contributed by atoms with Crippen LogP contribution in [0.15, 0.2) is 24.3 Å². The first-order chi connectivity index (χ1) is 12.9. The first-order valence-electron chi connectivity index (χ1n) is 9.19. The highest BCUT2D eigenvalue weighted by Crippen LogP contribution is 2.14. The molecule has 1 heterocycles. The summed E-state index contributed by atoms with van der Waals surface area (Å²) >= 11 is 5.99. The summed E-state index contributed by atoms with van der Waals surface area (Å²) in [4.78, 5) is 40.0. The van der Waals surface area contributed by atoms with E-state index in [1.165, 1.54) is 0 Å². The fraction of sp³-hybridized carbons (Fsp3) is 0.526. The van der Waals surface area contributed by atoms with Crippen LogP contribution >= 0.6 is 11.6 Å². The van der Waals surface area contributed by atoms with E-state index in [2.05, 4.69) is 10.6 Å². The number of carbonyl (C=O) groups excluding carboxylic acids is 3. The number of halogens is 1. The highest BCUT2D eigenvalue weighted by atomic mass is 35.5. The van der Waals surface area contributed by atoms with Crippen LogP contribution in [-0.2, 0) is 9.59 Å². The van der Waals surface area contributed by atoms with E-state index in [0.717, 1.165) is 0 Å². The summed E-state index contributed by atoms with van der Waals surface area (Å²) in [6.07, 6.45) is 0.240. The van der Waals surface area contributed by atoms with Crippen LogP contribution in [0.5, 0.6) is 0 Å². The molecule has 0 atom stereocenters. The van der Waals surface area contributed by atoms with Gasteiger partial charge in [-0.3, -0.25) is 19.3 Å². The van der Waals surface area contributed by atoms with E-state index in [0.29, 0.717) is 43.3 Å². The van der Waals surface area contributed by atoms with Gasteiger partial charge in [-0.15, -0.1) is 0 Å². The maximum absolute atomic E-state index is 12.3. The number of rotatable bonds is 7. The van der Waals surface area contributed by atoms with Crippen molar-refractivity contribution >= 4 is 29.3 Å². The van der Waals surface area contributed by atoms with Crippen molar-refractivity contribution in [2.24, 2.45) is 0 Å². The summed E-state index contributed by atoms with van der Waals surface area (Å²) in [5.41, 5.74) is 0.403. The summed E-state index contributed by atoms with van der Waals surface area (Å²) in [5.74, 6) is -0.276. The van der Waals surface area contributed by atoms with Gasteiger partial charge in [0, 0.05) is 45.2 Å². The summed E-state index contributed by atoms with van der Waals surface area (Å²) in [7, 11) is 0. The van der Waals surface area contributed by atoms with Crippen molar-refractivity contribution in [2.75, 3.05) is 39.3 Å². The summed E-state index contributed by atoms with van der Waals surface area (Å²) in [6, 6.07) is 6.93. The largest absolute Gasteiger partial charge is 0.353 e. The van der Waals surface area contributed by atoms with Crippen LogP contribution in [0.4, 0.5) is 0 Å². The van der Waals surface area contributed by atoms with Crippen molar-refractivity contribution < 1.29 is 14.4 Å². The van der Waals surface area contributed by atoms with Crippen molar-refractivity contribution in [3.05, 3.63) is 34.9 Å². The second kappa shape index (κ2) is 10.3. The van der Waals surface area contributed by atoms with Crippen LogP contribution in [0.3, 0.4) is 0 Å². The molecule has 0 bridgehead atoms. The molecule has 0 unspecified atom stereocenters. The molecule has 2 rings (SSSR count). The van der Waals surface area contributed by atoms with E-state index in [-0.39, 0.29) is 36.7 Å². The molecule has 0 aliphatic carbocycles. The van der Waals surface area contributed by atoms with Gasteiger partial charge in [-0.2, -0.15) is 0 Å². The third-order valence-corrected chi connectivity index (χ3v) is 4.61. The molecule has 148 valence electrons. The van der Waals surface area contributed by atoms with Gasteiger partial charge in [-0.1, -0.05) is 23.7 Å². The van der Waals surface area contributed by atoms with E-state index in [1.54, 1.807) is 29.2 Å². The highest BCUT2D eigenvalue weighted by Gasteiger charge is 2.22. The molecule has 8 heteroatoms. The molecule has 0 radical (unpaired) electrons. The monoisotopic (exact) mass is 394 g/mol. The lowest BCUT2D eigenvalue weighted by Gasteiger charge is -2.34. The third kappa shape index (κ3) is 6.84. The van der Waals surface area contributed by atoms with Crippen molar-refractivity contribution in [3.8, 4) is 0 Å². The van der Waals surface area contributed by atoms with E-state index >= 15 is 0 Å². The number of hydrogen-bond donors (Lipinski definition) is 2. The zero-order valence-corrected chi connectivity index (χ0v) is 16.6. The van der Waals surface area contributed by atoms with Gasteiger partial charge in [0.05, 0.1) is 17.1 Å². The predicted molar refractivity (Wildman–Crippen MR) is 105 cm³/mol. The molecule has 1 aromatic carbocycles. The standard InChI is InChI=1S/C19H27ClN4O3/c1-14(2)22-17(25)13-23-9-11-24(12-10-23)18(26)7-8-21-19(27)15-5-3-4-6-16(15)20/h3-6,14H,7-13H2,1-2H3,(H,21,27)(H,22,25). The maximum Gasteiger partial charge on any atom is 0.252 e. The highest BCUT2D eigenvalue weighted by molar-refractivity contribution is 6.33. The van der Waals surface area contributed by atoms with Crippen molar-refractivity contribution in [2.45, 2.75) is 26.3 Å². The summed E-state index contributed by atoms with van der Waals surface area (Å²) < 4.78 is 0. The lowest BCUT2D eigenvalue weighted by Crippen LogP contribution is -2.51. The van der Waals surface area contributed by atoms with Crippen molar-refractivity contribution in [1.29, 1.82) is 0 Å². The van der Waals surface area contributed by atoms with Gasteiger partial charge in [0.15, 0.2) is 0 Å². The number of hydrogen-bond acceptors (Lipinski definition) is 4. The predicted octanol–water partition coefficient (Wildman–Crippen LogP) is 1.13. The normalized spacial score (nSPS) is 14.9. The van der Waals surface area contributed by atoms with Gasteiger partial charge in [0.2, 0.25) is 11.8 Å². The van der Waals surface area contributed by atoms with Gasteiger partial charge < -0.3 is 15.5 Å². The fourth-order valence-electron chi connectivity index (χ4n) is 2.91. The molecule has 2 N–H and O–H groups in total. The van der Waals surface area contributed by atoms with Gasteiger partial charge in [-0.05, 0) is 26.0 Å². The Labute approximate surface area is 165 Å². The first-order valence-corrected chi connectivity index (χ1v) is 9.57. The van der Waals surface area contributed by atoms with Gasteiger partial charge in [0.25, 0.3) is 5.91 Å². The van der Waals surface area contributed by atoms with Crippen LogP contribution in [0, 0.1) is 0 Å². The smallest absolute Gasteiger partial charge is 0.252 e. The van der Waals surface area contributed by atoms with Gasteiger partial charge in [0.1, 0.15) is 0 Å². The fourth-order valence-corrected chi connectivity index (χ4v) is 3.13. The van der Waals surface area contributed by atoms with Crippen LogP contribution in [0.2, 0.25) is 5.02 Å². The molecular weight excluding hydrogens is 368 g/mol. The topological polar surface area (TPSA) is 81.8 Å². The van der Waals surface area contributed by atoms with E-state index in [4.69, 9.17) is 11.6 Å². The number of nitrogens with one attached hydrogen (secondary N) is 2. The van der Waals surface area contributed by atoms with Crippen LogP contribution in [0.1, 0.15) is 30.6 Å². The minimum Gasteiger partial charge on any atom is -0.353 e. The molecule has 27 heavy (non-hydrogen) atoms. The minimum atomic E-state index is -0.283. The molecule has 1 aliphatic heterocycles. The Bertz CT molecular complexity index is 673. The van der Waals surface area contributed by atoms with E-state index in [9.17, 15) is 14.4 Å². The molecule has 1 fully saturated rings. The molecule has 1 aliphatic rings. The van der Waals surface area contributed by atoms with Gasteiger partial charge >= 0.3 is 0 Å². The molecular formula is C19H27ClN4O3. The zero-order chi connectivity index (χ0) is 19.8. The molecule has 0 aromatic heterocycles. The number of amides is 3. The lowest BCUT2D eigenvalue weighted by molar-refractivity contribution is -0.133. The molecule has 0 spiro atoms. The number of carbonyl (C=O) groups is 3. The Morgan fingerprint density at radius 1 is 1.11 bits per heavy atom. The van der Waals surface area contributed by atoms with Gasteiger partial charge in [-0.25, -0.2) is 0 Å².